The smallest absolute Gasteiger partial charge is 0.414 e. The maximum Gasteiger partial charge on any atom is 0.648 e. The molecule has 28 heavy (non-hydrogen) atoms. The minimum absolute atomic E-state index is 0.184. The van der Waals surface area contributed by atoms with E-state index in [1.165, 1.54) is 0 Å². The van der Waals surface area contributed by atoms with Crippen molar-refractivity contribution < 1.29 is 43.3 Å². The number of nitro benzene ring substituents is 3. The molecule has 0 aliphatic rings. The number of carbonyl (C=O) groups excluding carboxylic acids is 1. The fourth-order valence-electron chi connectivity index (χ4n) is 1.50. The molecule has 0 atom stereocenters. The molecule has 150 valence electrons. The van der Waals surface area contributed by atoms with Crippen LogP contribution in [0.15, 0.2) is 12.1 Å². The van der Waals surface area contributed by atoms with Gasteiger partial charge in [-0.2, -0.15) is 0 Å². The Balaban J connectivity index is 3.26. The van der Waals surface area contributed by atoms with Crippen molar-refractivity contribution in [2.24, 2.45) is 0 Å². The second-order valence-corrected chi connectivity index (χ2v) is 4.46. The van der Waals surface area contributed by atoms with Crippen LogP contribution in [0.2, 0.25) is 0 Å². The monoisotopic (exact) mass is 409 g/mol. The standard InChI is InChI=1S/C9H4FN5O13/c10-9(14(23)24,15(25)26)3-27-8(16)28-7-5(12(19)20)1-4(11(17)18)2-6(7)13(21)22/h1-2H,3H2. The number of alkyl halides is 1. The summed E-state index contributed by atoms with van der Waals surface area (Å²) in [5.41, 5.74) is -4.02. The molecule has 0 bridgehead atoms. The lowest BCUT2D eigenvalue weighted by Gasteiger charge is -2.09. The van der Waals surface area contributed by atoms with Crippen LogP contribution in [-0.4, -0.2) is 43.3 Å². The van der Waals surface area contributed by atoms with Gasteiger partial charge < -0.3 is 9.47 Å². The molecule has 0 aliphatic carbocycles. The van der Waals surface area contributed by atoms with E-state index >= 15 is 0 Å². The van der Waals surface area contributed by atoms with Gasteiger partial charge >= 0.3 is 23.4 Å². The van der Waals surface area contributed by atoms with Crippen LogP contribution < -0.4 is 4.74 Å². The Morgan fingerprint density at radius 1 is 0.893 bits per heavy atom. The third-order valence-electron chi connectivity index (χ3n) is 2.76. The Bertz CT molecular complexity index is 851. The van der Waals surface area contributed by atoms with Gasteiger partial charge in [0.15, 0.2) is 0 Å². The van der Waals surface area contributed by atoms with E-state index in [2.05, 4.69) is 9.47 Å². The van der Waals surface area contributed by atoms with E-state index in [1.54, 1.807) is 0 Å². The lowest BCUT2D eigenvalue weighted by atomic mass is 10.2. The quantitative estimate of drug-likeness (QED) is 0.146. The van der Waals surface area contributed by atoms with Crippen LogP contribution >= 0.6 is 0 Å². The predicted molar refractivity (Wildman–Crippen MR) is 76.2 cm³/mol. The number of carbonyl (C=O) groups is 1. The van der Waals surface area contributed by atoms with Crippen molar-refractivity contribution in [2.75, 3.05) is 6.61 Å². The molecule has 0 aliphatic heterocycles. The van der Waals surface area contributed by atoms with E-state index in [4.69, 9.17) is 0 Å². The van der Waals surface area contributed by atoms with Crippen molar-refractivity contribution >= 4 is 23.2 Å². The second kappa shape index (κ2) is 7.76. The lowest BCUT2D eigenvalue weighted by Crippen LogP contribution is -2.46. The first kappa shape index (κ1) is 21.5. The van der Waals surface area contributed by atoms with E-state index in [0.29, 0.717) is 0 Å². The van der Waals surface area contributed by atoms with Crippen molar-refractivity contribution in [1.29, 1.82) is 0 Å². The largest absolute Gasteiger partial charge is 0.648 e. The summed E-state index contributed by atoms with van der Waals surface area (Å²) in [5, 5.41) is 53.2. The average Bonchev–Trinajstić information content (AvgIpc) is 2.58. The third kappa shape index (κ3) is 4.33. The van der Waals surface area contributed by atoms with E-state index in [0.717, 1.165) is 0 Å². The fourth-order valence-corrected chi connectivity index (χ4v) is 1.50. The molecule has 0 amide bonds. The first-order chi connectivity index (χ1) is 12.8. The number of non-ortho nitro benzene ring substituents is 1. The first-order valence-corrected chi connectivity index (χ1v) is 6.25. The number of halogens is 1. The molecule has 0 N–H and O–H groups in total. The Labute approximate surface area is 148 Å². The van der Waals surface area contributed by atoms with Gasteiger partial charge in [0.05, 0.1) is 26.9 Å². The van der Waals surface area contributed by atoms with Crippen molar-refractivity contribution in [3.8, 4) is 5.75 Å². The number of rotatable bonds is 8. The van der Waals surface area contributed by atoms with Gasteiger partial charge in [-0.25, -0.2) is 4.79 Å². The summed E-state index contributed by atoms with van der Waals surface area (Å²) < 4.78 is 21.4. The maximum absolute atomic E-state index is 13.5. The molecule has 18 nitrogen and oxygen atoms in total. The van der Waals surface area contributed by atoms with Gasteiger partial charge in [-0.05, 0) is 0 Å². The van der Waals surface area contributed by atoms with Crippen molar-refractivity contribution in [2.45, 2.75) is 5.92 Å². The summed E-state index contributed by atoms with van der Waals surface area (Å²) in [6.07, 6.45) is -2.23. The molecule has 0 heterocycles. The van der Waals surface area contributed by atoms with E-state index in [-0.39, 0.29) is 12.1 Å². The number of hydrogen-bond acceptors (Lipinski definition) is 13. The molecule has 0 spiro atoms. The molecule has 0 aromatic heterocycles. The summed E-state index contributed by atoms with van der Waals surface area (Å²) >= 11 is 0. The molecule has 1 rings (SSSR count). The number of nitrogens with zero attached hydrogens (tertiary/aromatic N) is 5. The van der Waals surface area contributed by atoms with Gasteiger partial charge in [0, 0.05) is 0 Å². The van der Waals surface area contributed by atoms with Crippen LogP contribution in [-0.2, 0) is 4.74 Å². The topological polar surface area (TPSA) is 251 Å². The number of ether oxygens (including phenoxy) is 2. The minimum Gasteiger partial charge on any atom is -0.414 e. The van der Waals surface area contributed by atoms with Gasteiger partial charge in [0.1, 0.15) is 9.85 Å². The molecule has 0 unspecified atom stereocenters. The maximum atomic E-state index is 13.5. The number of hydrogen-bond donors (Lipinski definition) is 0. The highest BCUT2D eigenvalue weighted by Gasteiger charge is 2.60. The highest BCUT2D eigenvalue weighted by Crippen LogP contribution is 2.40. The molecule has 19 heteroatoms. The molecule has 1 aromatic rings. The van der Waals surface area contributed by atoms with Crippen molar-refractivity contribution in [3.05, 3.63) is 62.7 Å². The fraction of sp³-hybridized carbons (Fsp3) is 0.222. The highest BCUT2D eigenvalue weighted by molar-refractivity contribution is 5.73. The Kier molecular flexibility index (Phi) is 5.94. The average molecular weight is 409 g/mol. The summed E-state index contributed by atoms with van der Waals surface area (Å²) in [6.45, 7) is -2.15. The second-order valence-electron chi connectivity index (χ2n) is 4.46. The Hall–Kier alpha value is -4.58. The van der Waals surface area contributed by atoms with Gasteiger partial charge in [-0.15, -0.1) is 0 Å². The summed E-state index contributed by atoms with van der Waals surface area (Å²) in [4.78, 5) is 56.5. The van der Waals surface area contributed by atoms with Crippen molar-refractivity contribution in [3.63, 3.8) is 0 Å². The zero-order valence-corrected chi connectivity index (χ0v) is 12.8. The van der Waals surface area contributed by atoms with Crippen LogP contribution in [0.4, 0.5) is 26.2 Å². The summed E-state index contributed by atoms with van der Waals surface area (Å²) in [5.74, 6) is -5.98. The SMILES string of the molecule is O=C(OCC(F)([N+](=O)[O-])[N+](=O)[O-])Oc1c([N+](=O)[O-])cc([N+](=O)[O-])cc1[N+](=O)[O-]. The molecular weight excluding hydrogens is 405 g/mol. The van der Waals surface area contributed by atoms with Crippen LogP contribution in [0.25, 0.3) is 0 Å². The molecular formula is C9H4FN5O13. The van der Waals surface area contributed by atoms with Crippen LogP contribution in [0.3, 0.4) is 0 Å². The van der Waals surface area contributed by atoms with E-state index in [9.17, 15) is 59.8 Å². The summed E-state index contributed by atoms with van der Waals surface area (Å²) in [6, 6.07) is 0.367. The molecule has 0 saturated heterocycles. The van der Waals surface area contributed by atoms with Gasteiger partial charge in [0.2, 0.25) is 0 Å². The number of benzene rings is 1. The van der Waals surface area contributed by atoms with Crippen LogP contribution in [0.1, 0.15) is 0 Å². The Morgan fingerprint density at radius 2 is 1.32 bits per heavy atom. The normalized spacial score (nSPS) is 10.6. The summed E-state index contributed by atoms with van der Waals surface area (Å²) in [7, 11) is 0. The number of nitro groups is 5. The third-order valence-corrected chi connectivity index (χ3v) is 2.76. The minimum atomic E-state index is -4.49. The first-order valence-electron chi connectivity index (χ1n) is 6.25. The van der Waals surface area contributed by atoms with E-state index < -0.39 is 66.1 Å². The molecule has 1 aromatic carbocycles. The van der Waals surface area contributed by atoms with Gasteiger partial charge in [0.25, 0.3) is 18.0 Å². The van der Waals surface area contributed by atoms with Crippen LogP contribution in [0.5, 0.6) is 5.75 Å². The van der Waals surface area contributed by atoms with Crippen LogP contribution in [0, 0.1) is 50.6 Å². The lowest BCUT2D eigenvalue weighted by molar-refractivity contribution is -0.832. The van der Waals surface area contributed by atoms with Gasteiger partial charge in [-0.1, -0.05) is 4.39 Å². The molecule has 0 saturated carbocycles. The van der Waals surface area contributed by atoms with Gasteiger partial charge in [-0.3, -0.25) is 50.6 Å². The van der Waals surface area contributed by atoms with Crippen molar-refractivity contribution in [1.82, 2.24) is 0 Å². The molecule has 0 fully saturated rings. The van der Waals surface area contributed by atoms with E-state index in [1.807, 2.05) is 0 Å². The predicted octanol–water partition coefficient (Wildman–Crippen LogP) is 1.10. The zero-order chi connectivity index (χ0) is 21.8. The highest BCUT2D eigenvalue weighted by atomic mass is 19.2. The molecule has 0 radical (unpaired) electrons. The zero-order valence-electron chi connectivity index (χ0n) is 12.8. The Morgan fingerprint density at radius 3 is 1.64 bits per heavy atom.